The number of benzene rings is 3. The fourth-order valence-electron chi connectivity index (χ4n) is 3.01. The summed E-state index contributed by atoms with van der Waals surface area (Å²) in [5.74, 6) is 1.08. The van der Waals surface area contributed by atoms with Gasteiger partial charge in [0.1, 0.15) is 11.5 Å². The van der Waals surface area contributed by atoms with Crippen LogP contribution < -0.4 is 4.74 Å². The molecule has 27 heavy (non-hydrogen) atoms. The molecule has 1 heterocycles. The van der Waals surface area contributed by atoms with Crippen LogP contribution in [-0.2, 0) is 23.1 Å². The Bertz CT molecular complexity index is 1100. The molecule has 1 aliphatic rings. The van der Waals surface area contributed by atoms with Crippen LogP contribution in [0.4, 0.5) is 0 Å². The van der Waals surface area contributed by atoms with E-state index in [4.69, 9.17) is 27.9 Å². The zero-order valence-electron chi connectivity index (χ0n) is 14.1. The van der Waals surface area contributed by atoms with Gasteiger partial charge in [0.05, 0.1) is 14.9 Å². The third-order valence-electron chi connectivity index (χ3n) is 4.32. The molecule has 138 valence electrons. The van der Waals surface area contributed by atoms with Crippen LogP contribution in [0.3, 0.4) is 0 Å². The number of ether oxygens (including phenoxy) is 1. The number of nitrogens with zero attached hydrogens (tertiary/aromatic N) is 1. The maximum absolute atomic E-state index is 12.8. The Hall–Kier alpha value is -2.05. The molecule has 0 saturated heterocycles. The largest absolute Gasteiger partial charge is 0.457 e. The molecule has 4 nitrogen and oxygen atoms in total. The first kappa shape index (κ1) is 18.3. The molecule has 0 atom stereocenters. The van der Waals surface area contributed by atoms with E-state index in [1.807, 2.05) is 30.3 Å². The lowest BCUT2D eigenvalue weighted by atomic mass is 10.2. The van der Waals surface area contributed by atoms with Crippen LogP contribution in [-0.4, -0.2) is 12.7 Å². The third-order valence-corrected chi connectivity index (χ3v) is 6.96. The van der Waals surface area contributed by atoms with Gasteiger partial charge in [0.15, 0.2) is 0 Å². The molecule has 0 bridgehead atoms. The van der Waals surface area contributed by atoms with Crippen molar-refractivity contribution in [3.8, 4) is 11.5 Å². The van der Waals surface area contributed by atoms with Crippen molar-refractivity contribution in [2.45, 2.75) is 18.0 Å². The maximum Gasteiger partial charge on any atom is 0.244 e. The Balaban J connectivity index is 1.59. The molecule has 3 aromatic rings. The second-order valence-corrected chi connectivity index (χ2v) is 8.93. The lowest BCUT2D eigenvalue weighted by Gasteiger charge is -2.14. The van der Waals surface area contributed by atoms with Crippen molar-refractivity contribution >= 4 is 33.2 Å². The van der Waals surface area contributed by atoms with E-state index in [-0.39, 0.29) is 0 Å². The highest BCUT2D eigenvalue weighted by atomic mass is 35.5. The number of hydrogen-bond donors (Lipinski definition) is 0. The van der Waals surface area contributed by atoms with E-state index in [1.165, 1.54) is 4.31 Å². The van der Waals surface area contributed by atoms with E-state index in [0.717, 1.165) is 5.56 Å². The van der Waals surface area contributed by atoms with Gasteiger partial charge in [-0.2, -0.15) is 4.31 Å². The Kier molecular flexibility index (Phi) is 4.86. The highest BCUT2D eigenvalue weighted by Gasteiger charge is 2.34. The number of fused-ring (bicyclic) bond motifs is 1. The van der Waals surface area contributed by atoms with Gasteiger partial charge in [0.25, 0.3) is 0 Å². The van der Waals surface area contributed by atoms with E-state index in [2.05, 4.69) is 0 Å². The van der Waals surface area contributed by atoms with Crippen molar-refractivity contribution in [3.63, 3.8) is 0 Å². The fraction of sp³-hybridized carbons (Fsp3) is 0.100. The van der Waals surface area contributed by atoms with Gasteiger partial charge >= 0.3 is 0 Å². The van der Waals surface area contributed by atoms with Crippen molar-refractivity contribution in [1.29, 1.82) is 0 Å². The van der Waals surface area contributed by atoms with Crippen LogP contribution in [0.1, 0.15) is 11.1 Å². The monoisotopic (exact) mass is 419 g/mol. The van der Waals surface area contributed by atoms with Gasteiger partial charge < -0.3 is 4.74 Å². The first-order valence-corrected chi connectivity index (χ1v) is 10.4. The van der Waals surface area contributed by atoms with Gasteiger partial charge in [-0.15, -0.1) is 0 Å². The Morgan fingerprint density at radius 2 is 1.59 bits per heavy atom. The molecule has 0 N–H and O–H groups in total. The van der Waals surface area contributed by atoms with Crippen LogP contribution in [0, 0.1) is 0 Å². The maximum atomic E-state index is 12.8. The molecule has 0 unspecified atom stereocenters. The Morgan fingerprint density at radius 3 is 2.33 bits per heavy atom. The molecule has 0 spiro atoms. The van der Waals surface area contributed by atoms with Crippen LogP contribution in [0.5, 0.6) is 11.5 Å². The Morgan fingerprint density at radius 1 is 0.889 bits per heavy atom. The van der Waals surface area contributed by atoms with Crippen molar-refractivity contribution in [2.75, 3.05) is 0 Å². The quantitative estimate of drug-likeness (QED) is 0.561. The summed E-state index contributed by atoms with van der Waals surface area (Å²) in [5.41, 5.74) is 1.66. The number of halogens is 2. The van der Waals surface area contributed by atoms with Crippen LogP contribution in [0.15, 0.2) is 71.6 Å². The first-order valence-electron chi connectivity index (χ1n) is 8.23. The van der Waals surface area contributed by atoms with Crippen molar-refractivity contribution < 1.29 is 13.2 Å². The lowest BCUT2D eigenvalue weighted by Crippen LogP contribution is -2.23. The summed E-state index contributed by atoms with van der Waals surface area (Å²) in [6, 6.07) is 19.5. The minimum Gasteiger partial charge on any atom is -0.457 e. The molecule has 0 aliphatic carbocycles. The first-order chi connectivity index (χ1) is 12.9. The lowest BCUT2D eigenvalue weighted by molar-refractivity contribution is 0.419. The SMILES string of the molecule is O=S1(=O)c2ccc(Oc3ccc(Cl)c(Cl)c3)cc2CN1Cc1ccccc1. The molecule has 0 fully saturated rings. The number of sulfonamides is 1. The zero-order valence-corrected chi connectivity index (χ0v) is 16.4. The minimum atomic E-state index is -3.51. The number of rotatable bonds is 4. The molecular formula is C20H15Cl2NO3S. The van der Waals surface area contributed by atoms with Crippen LogP contribution in [0.2, 0.25) is 10.0 Å². The summed E-state index contributed by atoms with van der Waals surface area (Å²) >= 11 is 11.9. The van der Waals surface area contributed by atoms with Gasteiger partial charge in [0.2, 0.25) is 10.0 Å². The average molecular weight is 420 g/mol. The smallest absolute Gasteiger partial charge is 0.244 e. The molecule has 0 aromatic heterocycles. The molecule has 4 rings (SSSR count). The average Bonchev–Trinajstić information content (AvgIpc) is 2.89. The van der Waals surface area contributed by atoms with E-state index in [9.17, 15) is 8.42 Å². The van der Waals surface area contributed by atoms with E-state index in [0.29, 0.717) is 45.1 Å². The summed E-state index contributed by atoms with van der Waals surface area (Å²) in [7, 11) is -3.51. The normalized spacial score (nSPS) is 15.5. The van der Waals surface area contributed by atoms with E-state index >= 15 is 0 Å². The second-order valence-electron chi connectivity index (χ2n) is 6.21. The van der Waals surface area contributed by atoms with Gasteiger partial charge in [-0.25, -0.2) is 8.42 Å². The van der Waals surface area contributed by atoms with Crippen LogP contribution >= 0.6 is 23.2 Å². The van der Waals surface area contributed by atoms with Crippen molar-refractivity contribution in [3.05, 3.63) is 87.9 Å². The molecular weight excluding hydrogens is 405 g/mol. The Labute approximate surface area is 168 Å². The van der Waals surface area contributed by atoms with Crippen molar-refractivity contribution in [1.82, 2.24) is 4.31 Å². The summed E-state index contributed by atoms with van der Waals surface area (Å²) in [5, 5.41) is 0.840. The van der Waals surface area contributed by atoms with E-state index in [1.54, 1.807) is 36.4 Å². The zero-order chi connectivity index (χ0) is 19.0. The predicted molar refractivity (Wildman–Crippen MR) is 106 cm³/mol. The summed E-state index contributed by atoms with van der Waals surface area (Å²) in [4.78, 5) is 0.319. The minimum absolute atomic E-state index is 0.311. The summed E-state index contributed by atoms with van der Waals surface area (Å²) < 4.78 is 32.9. The molecule has 7 heteroatoms. The van der Waals surface area contributed by atoms with Gasteiger partial charge in [0, 0.05) is 19.2 Å². The highest BCUT2D eigenvalue weighted by molar-refractivity contribution is 7.89. The summed E-state index contributed by atoms with van der Waals surface area (Å²) in [6.07, 6.45) is 0. The molecule has 3 aromatic carbocycles. The predicted octanol–water partition coefficient (Wildman–Crippen LogP) is 5.49. The molecule has 0 radical (unpaired) electrons. The van der Waals surface area contributed by atoms with E-state index < -0.39 is 10.0 Å². The van der Waals surface area contributed by atoms with Gasteiger partial charge in [-0.3, -0.25) is 0 Å². The number of hydrogen-bond acceptors (Lipinski definition) is 3. The van der Waals surface area contributed by atoms with Gasteiger partial charge in [-0.1, -0.05) is 53.5 Å². The van der Waals surface area contributed by atoms with Gasteiger partial charge in [-0.05, 0) is 41.5 Å². The fourth-order valence-corrected chi connectivity index (χ4v) is 4.90. The third kappa shape index (κ3) is 3.69. The topological polar surface area (TPSA) is 46.6 Å². The van der Waals surface area contributed by atoms with Crippen LogP contribution in [0.25, 0.3) is 0 Å². The highest BCUT2D eigenvalue weighted by Crippen LogP contribution is 2.36. The van der Waals surface area contributed by atoms with Crippen molar-refractivity contribution in [2.24, 2.45) is 0 Å². The molecule has 0 saturated carbocycles. The summed E-state index contributed by atoms with van der Waals surface area (Å²) in [6.45, 7) is 0.645. The standard InChI is InChI=1S/C20H15Cl2NO3S/c21-18-8-6-17(11-19(18)22)26-16-7-9-20-15(10-16)13-23(27(20,24)25)12-14-4-2-1-3-5-14/h1-11H,12-13H2. The molecule has 1 aliphatic heterocycles. The second kappa shape index (κ2) is 7.17. The molecule has 0 amide bonds.